The Morgan fingerprint density at radius 2 is 2.29 bits per heavy atom. The van der Waals surface area contributed by atoms with Gasteiger partial charge in [-0.05, 0) is 50.9 Å². The fourth-order valence-electron chi connectivity index (χ4n) is 2.08. The van der Waals surface area contributed by atoms with Gasteiger partial charge in [0.05, 0.1) is 0 Å². The predicted octanol–water partition coefficient (Wildman–Crippen LogP) is 4.17. The molecule has 0 radical (unpaired) electrons. The monoisotopic (exact) mass is 247 g/mol. The van der Waals surface area contributed by atoms with Crippen LogP contribution in [0.15, 0.2) is 41.3 Å². The lowest BCUT2D eigenvalue weighted by Crippen LogP contribution is -2.12. The van der Waals surface area contributed by atoms with Gasteiger partial charge in [0, 0.05) is 16.2 Å². The minimum Gasteiger partial charge on any atom is -0.313 e. The van der Waals surface area contributed by atoms with E-state index in [4.69, 9.17) is 0 Å². The Balaban J connectivity index is 2.05. The summed E-state index contributed by atoms with van der Waals surface area (Å²) in [5.74, 6) is 0. The van der Waals surface area contributed by atoms with Crippen molar-refractivity contribution in [2.75, 3.05) is 7.05 Å². The van der Waals surface area contributed by atoms with Gasteiger partial charge in [0.1, 0.15) is 0 Å². The number of allylic oxidation sites excluding steroid dienone is 1. The molecule has 0 spiro atoms. The first kappa shape index (κ1) is 12.7. The van der Waals surface area contributed by atoms with Crippen molar-refractivity contribution in [1.29, 1.82) is 0 Å². The molecule has 0 aromatic heterocycles. The summed E-state index contributed by atoms with van der Waals surface area (Å²) in [4.78, 5) is 1.39. The maximum absolute atomic E-state index is 3.29. The molecule has 2 unspecified atom stereocenters. The van der Waals surface area contributed by atoms with Crippen molar-refractivity contribution in [2.45, 2.75) is 42.4 Å². The van der Waals surface area contributed by atoms with Crippen LogP contribution in [0.3, 0.4) is 0 Å². The molecule has 1 aromatic rings. The maximum atomic E-state index is 3.29. The normalized spacial score (nSPS) is 21.4. The highest BCUT2D eigenvalue weighted by Gasteiger charge is 2.10. The summed E-state index contributed by atoms with van der Waals surface area (Å²) >= 11 is 1.99. The Bertz CT molecular complexity index is 386. The highest BCUT2D eigenvalue weighted by molar-refractivity contribution is 8.00. The quantitative estimate of drug-likeness (QED) is 0.802. The highest BCUT2D eigenvalue weighted by Crippen LogP contribution is 2.31. The van der Waals surface area contributed by atoms with Crippen LogP contribution in [0.2, 0.25) is 0 Å². The molecule has 1 N–H and O–H groups in total. The molecular formula is C15H21NS. The Hall–Kier alpha value is -0.730. The summed E-state index contributed by atoms with van der Waals surface area (Å²) in [6.07, 6.45) is 8.59. The van der Waals surface area contributed by atoms with Gasteiger partial charge in [-0.25, -0.2) is 0 Å². The van der Waals surface area contributed by atoms with Gasteiger partial charge >= 0.3 is 0 Å². The summed E-state index contributed by atoms with van der Waals surface area (Å²) in [7, 11) is 2.01. The third-order valence-corrected chi connectivity index (χ3v) is 4.51. The molecule has 1 aliphatic carbocycles. The summed E-state index contributed by atoms with van der Waals surface area (Å²) in [5.41, 5.74) is 1.37. The largest absolute Gasteiger partial charge is 0.313 e. The first-order valence-electron chi connectivity index (χ1n) is 6.40. The minimum absolute atomic E-state index is 0.428. The van der Waals surface area contributed by atoms with Crippen LogP contribution in [0.5, 0.6) is 0 Å². The van der Waals surface area contributed by atoms with Gasteiger partial charge in [-0.2, -0.15) is 0 Å². The number of benzene rings is 1. The van der Waals surface area contributed by atoms with Gasteiger partial charge in [-0.1, -0.05) is 24.3 Å². The molecule has 0 heterocycles. The van der Waals surface area contributed by atoms with Gasteiger partial charge in [0.2, 0.25) is 0 Å². The lowest BCUT2D eigenvalue weighted by molar-refractivity contribution is 0.651. The zero-order valence-electron chi connectivity index (χ0n) is 10.6. The van der Waals surface area contributed by atoms with Crippen molar-refractivity contribution in [1.82, 2.24) is 5.32 Å². The van der Waals surface area contributed by atoms with Gasteiger partial charge in [-0.15, -0.1) is 11.8 Å². The highest BCUT2D eigenvalue weighted by atomic mass is 32.2. The number of hydrogen-bond acceptors (Lipinski definition) is 2. The van der Waals surface area contributed by atoms with E-state index in [-0.39, 0.29) is 0 Å². The van der Waals surface area contributed by atoms with E-state index in [2.05, 4.69) is 48.7 Å². The van der Waals surface area contributed by atoms with Crippen LogP contribution in [-0.2, 0) is 0 Å². The molecular weight excluding hydrogens is 226 g/mol. The molecule has 0 fully saturated rings. The maximum Gasteiger partial charge on any atom is 0.0289 e. The molecule has 0 saturated carbocycles. The SMILES string of the molecule is CNC(C)c1cccc(SC2C=CCCC2)c1. The third-order valence-electron chi connectivity index (χ3n) is 3.29. The molecule has 0 bridgehead atoms. The fourth-order valence-corrected chi connectivity index (χ4v) is 3.26. The van der Waals surface area contributed by atoms with Gasteiger partial charge < -0.3 is 5.32 Å². The predicted molar refractivity (Wildman–Crippen MR) is 76.6 cm³/mol. The summed E-state index contributed by atoms with van der Waals surface area (Å²) in [6, 6.07) is 9.32. The van der Waals surface area contributed by atoms with Crippen LogP contribution in [0.1, 0.15) is 37.8 Å². The molecule has 2 heteroatoms. The van der Waals surface area contributed by atoms with E-state index in [1.807, 2.05) is 18.8 Å². The minimum atomic E-state index is 0.428. The van der Waals surface area contributed by atoms with Gasteiger partial charge in [-0.3, -0.25) is 0 Å². The number of thioether (sulfide) groups is 1. The number of hydrogen-bond donors (Lipinski definition) is 1. The topological polar surface area (TPSA) is 12.0 Å². The van der Waals surface area contributed by atoms with E-state index < -0.39 is 0 Å². The molecule has 0 saturated heterocycles. The van der Waals surface area contributed by atoms with Gasteiger partial charge in [0.15, 0.2) is 0 Å². The van der Waals surface area contributed by atoms with Crippen molar-refractivity contribution in [3.8, 4) is 0 Å². The van der Waals surface area contributed by atoms with E-state index in [0.717, 1.165) is 0 Å². The average Bonchev–Trinajstić information content (AvgIpc) is 2.39. The molecule has 2 atom stereocenters. The van der Waals surface area contributed by atoms with Crippen molar-refractivity contribution < 1.29 is 0 Å². The molecule has 17 heavy (non-hydrogen) atoms. The molecule has 0 amide bonds. The van der Waals surface area contributed by atoms with E-state index in [1.54, 1.807) is 0 Å². The zero-order chi connectivity index (χ0) is 12.1. The second-order valence-electron chi connectivity index (χ2n) is 4.60. The van der Waals surface area contributed by atoms with Crippen LogP contribution in [0, 0.1) is 0 Å². The Morgan fingerprint density at radius 1 is 1.41 bits per heavy atom. The van der Waals surface area contributed by atoms with Crippen LogP contribution in [0.25, 0.3) is 0 Å². The Labute approximate surface area is 109 Å². The smallest absolute Gasteiger partial charge is 0.0289 e. The van der Waals surface area contributed by atoms with Crippen molar-refractivity contribution in [2.24, 2.45) is 0 Å². The molecule has 92 valence electrons. The fraction of sp³-hybridized carbons (Fsp3) is 0.467. The standard InChI is InChI=1S/C15H21NS/c1-12(16-2)13-7-6-10-15(11-13)17-14-8-4-3-5-9-14/h4,6-8,10-12,14,16H,3,5,9H2,1-2H3. The average molecular weight is 247 g/mol. The molecule has 0 aliphatic heterocycles. The van der Waals surface area contributed by atoms with E-state index in [1.165, 1.54) is 29.7 Å². The van der Waals surface area contributed by atoms with Gasteiger partial charge in [0.25, 0.3) is 0 Å². The lowest BCUT2D eigenvalue weighted by atomic mass is 10.1. The van der Waals surface area contributed by atoms with Crippen molar-refractivity contribution in [3.05, 3.63) is 42.0 Å². The van der Waals surface area contributed by atoms with Crippen LogP contribution < -0.4 is 5.32 Å². The van der Waals surface area contributed by atoms with Crippen molar-refractivity contribution >= 4 is 11.8 Å². The van der Waals surface area contributed by atoms with Crippen LogP contribution in [-0.4, -0.2) is 12.3 Å². The van der Waals surface area contributed by atoms with Crippen molar-refractivity contribution in [3.63, 3.8) is 0 Å². The molecule has 2 rings (SSSR count). The summed E-state index contributed by atoms with van der Waals surface area (Å²) < 4.78 is 0. The van der Waals surface area contributed by atoms with E-state index in [9.17, 15) is 0 Å². The lowest BCUT2D eigenvalue weighted by Gasteiger charge is -2.17. The van der Waals surface area contributed by atoms with E-state index in [0.29, 0.717) is 11.3 Å². The van der Waals surface area contributed by atoms with Crippen LogP contribution >= 0.6 is 11.8 Å². The second-order valence-corrected chi connectivity index (χ2v) is 5.91. The Morgan fingerprint density at radius 3 is 3.00 bits per heavy atom. The third kappa shape index (κ3) is 3.62. The number of rotatable bonds is 4. The first-order valence-corrected chi connectivity index (χ1v) is 7.28. The van der Waals surface area contributed by atoms with Crippen LogP contribution in [0.4, 0.5) is 0 Å². The summed E-state index contributed by atoms with van der Waals surface area (Å²) in [6.45, 7) is 2.20. The van der Waals surface area contributed by atoms with E-state index >= 15 is 0 Å². The zero-order valence-corrected chi connectivity index (χ0v) is 11.5. The molecule has 1 nitrogen and oxygen atoms in total. The molecule has 1 aromatic carbocycles. The molecule has 1 aliphatic rings. The second kappa shape index (κ2) is 6.27. The number of nitrogens with one attached hydrogen (secondary N) is 1. The summed E-state index contributed by atoms with van der Waals surface area (Å²) in [5, 5.41) is 3.96. The first-order chi connectivity index (χ1) is 8.29. The Kier molecular flexibility index (Phi) is 4.69.